The number of hydrogen-bond donors (Lipinski definition) is 0. The highest BCUT2D eigenvalue weighted by Gasteiger charge is 2.19. The van der Waals surface area contributed by atoms with Crippen molar-refractivity contribution in [3.05, 3.63) is 0 Å². The summed E-state index contributed by atoms with van der Waals surface area (Å²) in [7, 11) is 0. The molecule has 350 valence electrons. The van der Waals surface area contributed by atoms with Crippen molar-refractivity contribution in [3.63, 3.8) is 0 Å². The molecule has 1 atom stereocenters. The lowest BCUT2D eigenvalue weighted by atomic mass is 10.0. The maximum absolute atomic E-state index is 12.8. The first-order valence-corrected chi connectivity index (χ1v) is 26.4. The summed E-state index contributed by atoms with van der Waals surface area (Å²) >= 11 is 0. The summed E-state index contributed by atoms with van der Waals surface area (Å²) in [5.74, 6) is -0.0242. The summed E-state index contributed by atoms with van der Waals surface area (Å²) in [6, 6.07) is 0. The quantitative estimate of drug-likeness (QED) is 0.0345. The number of ether oxygens (including phenoxy) is 3. The molecule has 0 aromatic carbocycles. The standard InChI is InChI=1S/C53H102O6/c1-5-7-9-11-13-15-17-19-20-22-24-30-34-38-42-46-53(56)59-50(47-57-51(54)44-40-36-32-28-23-21-18-16-14-12-10-8-6-2)48-58-52(55)45-41-37-33-29-26-25-27-31-35-39-43-49(3)4/h49-50H,5-48H2,1-4H3/t50-/m0/s1. The second kappa shape index (κ2) is 47.5. The van der Waals surface area contributed by atoms with Gasteiger partial charge in [0.05, 0.1) is 0 Å². The molecule has 6 nitrogen and oxygen atoms in total. The van der Waals surface area contributed by atoms with Gasteiger partial charge in [-0.3, -0.25) is 14.4 Å². The Hall–Kier alpha value is -1.59. The van der Waals surface area contributed by atoms with E-state index in [1.54, 1.807) is 0 Å². The van der Waals surface area contributed by atoms with E-state index in [1.807, 2.05) is 0 Å². The Morgan fingerprint density at radius 3 is 0.831 bits per heavy atom. The molecule has 59 heavy (non-hydrogen) atoms. The molecule has 0 spiro atoms. The van der Waals surface area contributed by atoms with Crippen LogP contribution >= 0.6 is 0 Å². The fourth-order valence-electron chi connectivity index (χ4n) is 8.04. The van der Waals surface area contributed by atoms with Gasteiger partial charge in [0.2, 0.25) is 0 Å². The Bertz CT molecular complexity index is 887. The van der Waals surface area contributed by atoms with Crippen LogP contribution in [-0.2, 0) is 28.6 Å². The van der Waals surface area contributed by atoms with E-state index in [2.05, 4.69) is 27.7 Å². The normalized spacial score (nSPS) is 11.9. The van der Waals surface area contributed by atoms with E-state index in [-0.39, 0.29) is 31.1 Å². The second-order valence-corrected chi connectivity index (χ2v) is 18.6. The van der Waals surface area contributed by atoms with Crippen LogP contribution in [0.5, 0.6) is 0 Å². The third kappa shape index (κ3) is 47.3. The molecule has 0 fully saturated rings. The van der Waals surface area contributed by atoms with E-state index in [0.29, 0.717) is 19.3 Å². The molecule has 0 heterocycles. The molecule has 0 saturated heterocycles. The maximum Gasteiger partial charge on any atom is 0.306 e. The van der Waals surface area contributed by atoms with Gasteiger partial charge in [0.1, 0.15) is 13.2 Å². The molecule has 0 aromatic heterocycles. The van der Waals surface area contributed by atoms with Crippen LogP contribution in [-0.4, -0.2) is 37.2 Å². The van der Waals surface area contributed by atoms with Crippen molar-refractivity contribution in [3.8, 4) is 0 Å². The van der Waals surface area contributed by atoms with E-state index < -0.39 is 6.10 Å². The van der Waals surface area contributed by atoms with Crippen molar-refractivity contribution in [2.75, 3.05) is 13.2 Å². The van der Waals surface area contributed by atoms with Crippen molar-refractivity contribution in [2.45, 2.75) is 303 Å². The van der Waals surface area contributed by atoms with Crippen molar-refractivity contribution in [2.24, 2.45) is 5.92 Å². The molecule has 0 aromatic rings. The molecule has 0 aliphatic rings. The molecule has 0 saturated carbocycles. The summed E-state index contributed by atoms with van der Waals surface area (Å²) in [5, 5.41) is 0. The van der Waals surface area contributed by atoms with E-state index >= 15 is 0 Å². The van der Waals surface area contributed by atoms with E-state index in [4.69, 9.17) is 14.2 Å². The van der Waals surface area contributed by atoms with Gasteiger partial charge in [0.15, 0.2) is 6.10 Å². The van der Waals surface area contributed by atoms with E-state index in [1.165, 1.54) is 193 Å². The summed E-state index contributed by atoms with van der Waals surface area (Å²) in [4.78, 5) is 38.0. The Kier molecular flexibility index (Phi) is 46.2. The Balaban J connectivity index is 4.31. The zero-order valence-corrected chi connectivity index (χ0v) is 40.2. The zero-order valence-electron chi connectivity index (χ0n) is 40.2. The number of hydrogen-bond acceptors (Lipinski definition) is 6. The SMILES string of the molecule is CCCCCCCCCCCCCCCCCC(=O)O[C@@H](COC(=O)CCCCCCCCCCCCCCC)COC(=O)CCCCCCCCCCCCC(C)C. The van der Waals surface area contributed by atoms with Crippen LogP contribution in [0.1, 0.15) is 297 Å². The van der Waals surface area contributed by atoms with Crippen LogP contribution < -0.4 is 0 Å². The summed E-state index contributed by atoms with van der Waals surface area (Å²) < 4.78 is 16.8. The van der Waals surface area contributed by atoms with Crippen molar-refractivity contribution < 1.29 is 28.6 Å². The number of rotatable bonds is 48. The van der Waals surface area contributed by atoms with Gasteiger partial charge >= 0.3 is 17.9 Å². The first-order valence-electron chi connectivity index (χ1n) is 26.4. The highest BCUT2D eigenvalue weighted by molar-refractivity contribution is 5.71. The number of unbranched alkanes of at least 4 members (excludes halogenated alkanes) is 35. The minimum absolute atomic E-state index is 0.0626. The van der Waals surface area contributed by atoms with Gasteiger partial charge in [-0.15, -0.1) is 0 Å². The summed E-state index contributed by atoms with van der Waals surface area (Å²) in [6.45, 7) is 9.02. The van der Waals surface area contributed by atoms with Gasteiger partial charge in [-0.25, -0.2) is 0 Å². The highest BCUT2D eigenvalue weighted by atomic mass is 16.6. The van der Waals surface area contributed by atoms with Gasteiger partial charge in [-0.05, 0) is 25.2 Å². The molecule has 0 N–H and O–H groups in total. The van der Waals surface area contributed by atoms with Crippen molar-refractivity contribution >= 4 is 17.9 Å². The molecular weight excluding hydrogens is 733 g/mol. The average Bonchev–Trinajstić information content (AvgIpc) is 3.22. The lowest BCUT2D eigenvalue weighted by Crippen LogP contribution is -2.30. The molecule has 0 amide bonds. The fraction of sp³-hybridized carbons (Fsp3) is 0.943. The number of carbonyl (C=O) groups excluding carboxylic acids is 3. The molecule has 6 heteroatoms. The van der Waals surface area contributed by atoms with Crippen molar-refractivity contribution in [1.29, 1.82) is 0 Å². The second-order valence-electron chi connectivity index (χ2n) is 18.6. The largest absolute Gasteiger partial charge is 0.462 e. The maximum atomic E-state index is 12.8. The topological polar surface area (TPSA) is 78.9 Å². The molecule has 0 aliphatic carbocycles. The molecule has 0 radical (unpaired) electrons. The Morgan fingerprint density at radius 1 is 0.322 bits per heavy atom. The molecule has 0 aliphatic heterocycles. The van der Waals surface area contributed by atoms with Gasteiger partial charge in [-0.2, -0.15) is 0 Å². The monoisotopic (exact) mass is 835 g/mol. The van der Waals surface area contributed by atoms with E-state index in [0.717, 1.165) is 63.7 Å². The molecular formula is C53H102O6. The lowest BCUT2D eigenvalue weighted by Gasteiger charge is -2.18. The molecule has 0 unspecified atom stereocenters. The molecule has 0 bridgehead atoms. The number of carbonyl (C=O) groups is 3. The lowest BCUT2D eigenvalue weighted by molar-refractivity contribution is -0.167. The van der Waals surface area contributed by atoms with Crippen LogP contribution in [0.25, 0.3) is 0 Å². The summed E-state index contributed by atoms with van der Waals surface area (Å²) in [6.07, 6.45) is 49.4. The van der Waals surface area contributed by atoms with Gasteiger partial charge in [0, 0.05) is 19.3 Å². The first kappa shape index (κ1) is 57.4. The van der Waals surface area contributed by atoms with Crippen LogP contribution in [0, 0.1) is 5.92 Å². The third-order valence-corrected chi connectivity index (χ3v) is 12.0. The fourth-order valence-corrected chi connectivity index (χ4v) is 8.04. The van der Waals surface area contributed by atoms with Crippen LogP contribution in [0.3, 0.4) is 0 Å². The minimum Gasteiger partial charge on any atom is -0.462 e. The first-order chi connectivity index (χ1) is 28.9. The Morgan fingerprint density at radius 2 is 0.559 bits per heavy atom. The smallest absolute Gasteiger partial charge is 0.306 e. The summed E-state index contributed by atoms with van der Waals surface area (Å²) in [5.41, 5.74) is 0. The predicted octanol–water partition coefficient (Wildman–Crippen LogP) is 17.1. The van der Waals surface area contributed by atoms with Gasteiger partial charge < -0.3 is 14.2 Å². The number of esters is 3. The van der Waals surface area contributed by atoms with Crippen molar-refractivity contribution in [1.82, 2.24) is 0 Å². The predicted molar refractivity (Wildman–Crippen MR) is 252 cm³/mol. The zero-order chi connectivity index (χ0) is 43.1. The van der Waals surface area contributed by atoms with E-state index in [9.17, 15) is 14.4 Å². The van der Waals surface area contributed by atoms with Gasteiger partial charge in [-0.1, -0.05) is 259 Å². The third-order valence-electron chi connectivity index (χ3n) is 12.0. The highest BCUT2D eigenvalue weighted by Crippen LogP contribution is 2.17. The van der Waals surface area contributed by atoms with Crippen LogP contribution in [0.2, 0.25) is 0 Å². The Labute approximate surface area is 368 Å². The molecule has 0 rings (SSSR count). The minimum atomic E-state index is -0.760. The van der Waals surface area contributed by atoms with Gasteiger partial charge in [0.25, 0.3) is 0 Å². The average molecular weight is 835 g/mol. The van der Waals surface area contributed by atoms with Crippen LogP contribution in [0.4, 0.5) is 0 Å². The van der Waals surface area contributed by atoms with Crippen LogP contribution in [0.15, 0.2) is 0 Å².